The van der Waals surface area contributed by atoms with Gasteiger partial charge in [0.1, 0.15) is 5.82 Å². The average molecular weight is 317 g/mol. The van der Waals surface area contributed by atoms with Crippen molar-refractivity contribution in [2.24, 2.45) is 0 Å². The molecule has 1 fully saturated rings. The van der Waals surface area contributed by atoms with E-state index < -0.39 is 0 Å². The number of nitrogens with one attached hydrogen (secondary N) is 1. The number of amides is 1. The molecule has 124 valence electrons. The van der Waals surface area contributed by atoms with E-state index in [4.69, 9.17) is 4.74 Å². The molecule has 1 unspecified atom stereocenters. The molecular formula is C16H23N5O2. The smallest absolute Gasteiger partial charge is 0.252 e. The van der Waals surface area contributed by atoms with Crippen molar-refractivity contribution in [2.45, 2.75) is 19.3 Å². The van der Waals surface area contributed by atoms with Crippen LogP contribution in [0.15, 0.2) is 18.3 Å². The molecule has 0 spiro atoms. The molecule has 0 saturated carbocycles. The molecule has 2 aromatic rings. The van der Waals surface area contributed by atoms with Crippen LogP contribution in [-0.4, -0.2) is 65.3 Å². The van der Waals surface area contributed by atoms with Crippen LogP contribution < -0.4 is 5.32 Å². The van der Waals surface area contributed by atoms with Gasteiger partial charge >= 0.3 is 0 Å². The standard InChI is InChI=1S/C16H23N5O2/c1-3-17-16(22)13-4-5-14-18-19-15(21(14)11-13)12-6-7-20(10-12)8-9-23-2/h4-5,11-12H,3,6-10H2,1-2H3,(H,17,22). The first kappa shape index (κ1) is 15.9. The van der Waals surface area contributed by atoms with Crippen molar-refractivity contribution in [3.8, 4) is 0 Å². The van der Waals surface area contributed by atoms with Gasteiger partial charge in [-0.05, 0) is 32.0 Å². The number of hydrogen-bond acceptors (Lipinski definition) is 5. The Morgan fingerprint density at radius 3 is 3.09 bits per heavy atom. The number of carbonyl (C=O) groups is 1. The van der Waals surface area contributed by atoms with Crippen molar-refractivity contribution in [2.75, 3.05) is 39.9 Å². The summed E-state index contributed by atoms with van der Waals surface area (Å²) in [6.45, 7) is 6.20. The lowest BCUT2D eigenvalue weighted by atomic mass is 10.1. The van der Waals surface area contributed by atoms with Crippen LogP contribution in [0.1, 0.15) is 35.4 Å². The van der Waals surface area contributed by atoms with Gasteiger partial charge in [-0.1, -0.05) is 0 Å². The highest BCUT2D eigenvalue weighted by Gasteiger charge is 2.27. The van der Waals surface area contributed by atoms with Crippen molar-refractivity contribution in [3.05, 3.63) is 29.7 Å². The van der Waals surface area contributed by atoms with Gasteiger partial charge < -0.3 is 15.0 Å². The normalized spacial score (nSPS) is 18.6. The number of pyridine rings is 1. The van der Waals surface area contributed by atoms with Crippen LogP contribution in [0.4, 0.5) is 0 Å². The number of rotatable bonds is 6. The second kappa shape index (κ2) is 7.06. The summed E-state index contributed by atoms with van der Waals surface area (Å²) in [4.78, 5) is 14.4. The van der Waals surface area contributed by atoms with Gasteiger partial charge in [-0.3, -0.25) is 9.20 Å². The van der Waals surface area contributed by atoms with Gasteiger partial charge in [-0.2, -0.15) is 0 Å². The highest BCUT2D eigenvalue weighted by atomic mass is 16.5. The summed E-state index contributed by atoms with van der Waals surface area (Å²) in [6.07, 6.45) is 2.89. The molecule has 1 N–H and O–H groups in total. The third-order valence-electron chi connectivity index (χ3n) is 4.28. The zero-order valence-electron chi connectivity index (χ0n) is 13.7. The fourth-order valence-corrected chi connectivity index (χ4v) is 3.05. The minimum absolute atomic E-state index is 0.0674. The van der Waals surface area contributed by atoms with Gasteiger partial charge in [-0.15, -0.1) is 10.2 Å². The van der Waals surface area contributed by atoms with Crippen molar-refractivity contribution in [1.82, 2.24) is 24.8 Å². The summed E-state index contributed by atoms with van der Waals surface area (Å²) in [5, 5.41) is 11.4. The average Bonchev–Trinajstić information content (AvgIpc) is 3.18. The van der Waals surface area contributed by atoms with Gasteiger partial charge in [0.2, 0.25) is 0 Å². The topological polar surface area (TPSA) is 71.8 Å². The summed E-state index contributed by atoms with van der Waals surface area (Å²) < 4.78 is 7.10. The molecule has 0 aromatic carbocycles. The lowest BCUT2D eigenvalue weighted by Crippen LogP contribution is -2.25. The summed E-state index contributed by atoms with van der Waals surface area (Å²) in [5.41, 5.74) is 1.41. The number of methoxy groups -OCH3 is 1. The molecule has 7 heteroatoms. The van der Waals surface area contributed by atoms with E-state index >= 15 is 0 Å². The minimum atomic E-state index is -0.0674. The first-order chi connectivity index (χ1) is 11.2. The summed E-state index contributed by atoms with van der Waals surface area (Å²) in [5.74, 6) is 1.21. The van der Waals surface area contributed by atoms with Gasteiger partial charge in [0.05, 0.1) is 12.2 Å². The number of fused-ring (bicyclic) bond motifs is 1. The summed E-state index contributed by atoms with van der Waals surface area (Å²) in [7, 11) is 1.72. The SMILES string of the molecule is CCNC(=O)c1ccc2nnc(C3CCN(CCOC)C3)n2c1. The van der Waals surface area contributed by atoms with Gasteiger partial charge in [0.15, 0.2) is 5.65 Å². The first-order valence-corrected chi connectivity index (χ1v) is 8.07. The quantitative estimate of drug-likeness (QED) is 0.857. The molecule has 0 aliphatic carbocycles. The van der Waals surface area contributed by atoms with Crippen LogP contribution in [0, 0.1) is 0 Å². The van der Waals surface area contributed by atoms with Gasteiger partial charge in [-0.25, -0.2) is 0 Å². The van der Waals surface area contributed by atoms with E-state index in [2.05, 4.69) is 20.4 Å². The maximum absolute atomic E-state index is 12.0. The Hall–Kier alpha value is -1.99. The Balaban J connectivity index is 1.81. The summed E-state index contributed by atoms with van der Waals surface area (Å²) in [6, 6.07) is 3.64. The van der Waals surface area contributed by atoms with Crippen molar-refractivity contribution in [1.29, 1.82) is 0 Å². The van der Waals surface area contributed by atoms with E-state index in [0.29, 0.717) is 18.0 Å². The highest BCUT2D eigenvalue weighted by Crippen LogP contribution is 2.26. The number of likely N-dealkylation sites (tertiary alicyclic amines) is 1. The molecule has 7 nitrogen and oxygen atoms in total. The summed E-state index contributed by atoms with van der Waals surface area (Å²) >= 11 is 0. The van der Waals surface area contributed by atoms with Crippen LogP contribution in [0.2, 0.25) is 0 Å². The van der Waals surface area contributed by atoms with Crippen molar-refractivity contribution < 1.29 is 9.53 Å². The fraction of sp³-hybridized carbons (Fsp3) is 0.562. The molecule has 1 saturated heterocycles. The molecule has 3 rings (SSSR count). The number of hydrogen-bond donors (Lipinski definition) is 1. The predicted molar refractivity (Wildman–Crippen MR) is 86.7 cm³/mol. The molecule has 0 radical (unpaired) electrons. The lowest BCUT2D eigenvalue weighted by molar-refractivity contribution is 0.0955. The molecule has 3 heterocycles. The van der Waals surface area contributed by atoms with E-state index in [0.717, 1.165) is 44.1 Å². The highest BCUT2D eigenvalue weighted by molar-refractivity contribution is 5.94. The van der Waals surface area contributed by atoms with Gasteiger partial charge in [0.25, 0.3) is 5.91 Å². The van der Waals surface area contributed by atoms with Crippen molar-refractivity contribution in [3.63, 3.8) is 0 Å². The fourth-order valence-electron chi connectivity index (χ4n) is 3.05. The monoisotopic (exact) mass is 317 g/mol. The number of nitrogens with zero attached hydrogens (tertiary/aromatic N) is 4. The van der Waals surface area contributed by atoms with Gasteiger partial charge in [0, 0.05) is 38.9 Å². The molecule has 0 bridgehead atoms. The molecule has 23 heavy (non-hydrogen) atoms. The third kappa shape index (κ3) is 3.35. The second-order valence-electron chi connectivity index (χ2n) is 5.84. The predicted octanol–water partition coefficient (Wildman–Crippen LogP) is 0.915. The molecule has 1 amide bonds. The van der Waals surface area contributed by atoms with E-state index in [1.54, 1.807) is 13.2 Å². The zero-order chi connectivity index (χ0) is 16.2. The van der Waals surface area contributed by atoms with E-state index in [1.165, 1.54) is 0 Å². The maximum atomic E-state index is 12.0. The number of carbonyl (C=O) groups excluding carboxylic acids is 1. The molecule has 1 atom stereocenters. The molecule has 1 aliphatic rings. The zero-order valence-corrected chi connectivity index (χ0v) is 13.7. The van der Waals surface area contributed by atoms with Crippen LogP contribution in [0.5, 0.6) is 0 Å². The second-order valence-corrected chi connectivity index (χ2v) is 5.84. The Kier molecular flexibility index (Phi) is 4.88. The van der Waals surface area contributed by atoms with Crippen LogP contribution in [0.3, 0.4) is 0 Å². The van der Waals surface area contributed by atoms with Crippen molar-refractivity contribution >= 4 is 11.6 Å². The van der Waals surface area contributed by atoms with Crippen LogP contribution >= 0.6 is 0 Å². The molecule has 1 aliphatic heterocycles. The Morgan fingerprint density at radius 1 is 1.43 bits per heavy atom. The number of aromatic nitrogens is 3. The largest absolute Gasteiger partial charge is 0.383 e. The number of ether oxygens (including phenoxy) is 1. The lowest BCUT2D eigenvalue weighted by Gasteiger charge is -2.14. The Labute approximate surface area is 135 Å². The van der Waals surface area contributed by atoms with Crippen LogP contribution in [-0.2, 0) is 4.74 Å². The maximum Gasteiger partial charge on any atom is 0.252 e. The van der Waals surface area contributed by atoms with E-state index in [9.17, 15) is 4.79 Å². The molecule has 2 aromatic heterocycles. The molecular weight excluding hydrogens is 294 g/mol. The Morgan fingerprint density at radius 2 is 2.30 bits per heavy atom. The van der Waals surface area contributed by atoms with E-state index in [1.807, 2.05) is 23.6 Å². The third-order valence-corrected chi connectivity index (χ3v) is 4.28. The minimum Gasteiger partial charge on any atom is -0.383 e. The van der Waals surface area contributed by atoms with E-state index in [-0.39, 0.29) is 5.91 Å². The first-order valence-electron chi connectivity index (χ1n) is 8.07. The van der Waals surface area contributed by atoms with Crippen LogP contribution in [0.25, 0.3) is 5.65 Å². The Bertz CT molecular complexity index is 684.